The number of hydrogen-bond donors (Lipinski definition) is 1. The number of nitrogens with zero attached hydrogens (tertiary/aromatic N) is 1. The summed E-state index contributed by atoms with van der Waals surface area (Å²) in [6.07, 6.45) is 0. The molecule has 0 amide bonds. The molecule has 0 spiro atoms. The maximum atomic E-state index is 4.77. The Morgan fingerprint density at radius 2 is 1.59 bits per heavy atom. The van der Waals surface area contributed by atoms with Crippen LogP contribution in [0.3, 0.4) is 0 Å². The number of rotatable bonds is 2. The molecule has 3 rings (SSSR count). The van der Waals surface area contributed by atoms with Gasteiger partial charge in [0, 0.05) is 11.1 Å². The third-order valence-corrected chi connectivity index (χ3v) is 4.02. The van der Waals surface area contributed by atoms with Crippen molar-refractivity contribution in [2.75, 3.05) is 0 Å². The van der Waals surface area contributed by atoms with E-state index < -0.39 is 0 Å². The zero-order chi connectivity index (χ0) is 15.9. The molecule has 2 nitrogen and oxygen atoms in total. The number of H-pyrrole nitrogens is 1. The third kappa shape index (κ3) is 2.45. The van der Waals surface area contributed by atoms with Gasteiger partial charge in [-0.15, -0.1) is 0 Å². The Hall–Kier alpha value is -2.35. The van der Waals surface area contributed by atoms with Gasteiger partial charge in [-0.1, -0.05) is 42.0 Å². The molecule has 0 aliphatic rings. The molecule has 1 aromatic heterocycles. The lowest BCUT2D eigenvalue weighted by Crippen LogP contribution is -1.93. The van der Waals surface area contributed by atoms with Crippen molar-refractivity contribution in [1.29, 1.82) is 0 Å². The van der Waals surface area contributed by atoms with Crippen LogP contribution in [0.15, 0.2) is 36.4 Å². The van der Waals surface area contributed by atoms with Crippen molar-refractivity contribution in [3.05, 3.63) is 71.4 Å². The van der Waals surface area contributed by atoms with Crippen LogP contribution in [-0.2, 0) is 0 Å². The van der Waals surface area contributed by atoms with Gasteiger partial charge in [-0.05, 0) is 51.3 Å². The van der Waals surface area contributed by atoms with Gasteiger partial charge in [0.25, 0.3) is 0 Å². The summed E-state index contributed by atoms with van der Waals surface area (Å²) < 4.78 is 0. The maximum absolute atomic E-state index is 4.77. The molecule has 1 radical (unpaired) electrons. The number of imidazole rings is 1. The van der Waals surface area contributed by atoms with Crippen molar-refractivity contribution in [3.63, 3.8) is 0 Å². The van der Waals surface area contributed by atoms with E-state index in [2.05, 4.69) is 50.9 Å². The Morgan fingerprint density at radius 1 is 0.955 bits per heavy atom. The van der Waals surface area contributed by atoms with Gasteiger partial charge in [-0.2, -0.15) is 0 Å². The molecule has 2 aromatic carbocycles. The second-order valence-corrected chi connectivity index (χ2v) is 5.98. The highest BCUT2D eigenvalue weighted by molar-refractivity contribution is 5.83. The van der Waals surface area contributed by atoms with E-state index in [0.29, 0.717) is 0 Å². The lowest BCUT2D eigenvalue weighted by atomic mass is 9.94. The summed E-state index contributed by atoms with van der Waals surface area (Å²) in [5.41, 5.74) is 9.20. The Labute approximate surface area is 132 Å². The van der Waals surface area contributed by atoms with E-state index in [4.69, 9.17) is 4.98 Å². The van der Waals surface area contributed by atoms with Gasteiger partial charge in [0.2, 0.25) is 0 Å². The first-order valence-corrected chi connectivity index (χ1v) is 7.53. The molecule has 0 unspecified atom stereocenters. The minimum Gasteiger partial charge on any atom is -0.342 e. The highest BCUT2D eigenvalue weighted by Gasteiger charge is 2.17. The summed E-state index contributed by atoms with van der Waals surface area (Å²) in [6.45, 7) is 12.6. The first kappa shape index (κ1) is 14.6. The largest absolute Gasteiger partial charge is 0.342 e. The fraction of sp³-hybridized carbons (Fsp3) is 0.200. The van der Waals surface area contributed by atoms with E-state index in [1.54, 1.807) is 0 Å². The Balaban J connectivity index is 2.29. The SMILES string of the molecule is [CH2]c1ccccc1-c1[nH]c(C)nc1-c1c(C)cc(C)cc1C. The van der Waals surface area contributed by atoms with Gasteiger partial charge in [0.15, 0.2) is 0 Å². The summed E-state index contributed by atoms with van der Waals surface area (Å²) in [5, 5.41) is 0. The normalized spacial score (nSPS) is 11.0. The lowest BCUT2D eigenvalue weighted by Gasteiger charge is -2.12. The van der Waals surface area contributed by atoms with Crippen LogP contribution in [0.1, 0.15) is 28.1 Å². The number of aromatic amines is 1. The van der Waals surface area contributed by atoms with Gasteiger partial charge >= 0.3 is 0 Å². The molecule has 2 heteroatoms. The van der Waals surface area contributed by atoms with Crippen molar-refractivity contribution in [3.8, 4) is 22.5 Å². The van der Waals surface area contributed by atoms with Crippen LogP contribution in [0.4, 0.5) is 0 Å². The standard InChI is InChI=1S/C20H21N2/c1-12-10-14(3)18(15(4)11-12)20-19(21-16(5)22-20)17-9-7-6-8-13(17)2/h6-11H,2H2,1,3-5H3,(H,21,22). The lowest BCUT2D eigenvalue weighted by molar-refractivity contribution is 1.15. The third-order valence-electron chi connectivity index (χ3n) is 4.02. The zero-order valence-electron chi connectivity index (χ0n) is 13.6. The first-order valence-electron chi connectivity index (χ1n) is 7.53. The average molecular weight is 289 g/mol. The van der Waals surface area contributed by atoms with Gasteiger partial charge in [0.1, 0.15) is 5.82 Å². The number of benzene rings is 2. The molecule has 0 saturated carbocycles. The number of nitrogens with one attached hydrogen (secondary N) is 1. The van der Waals surface area contributed by atoms with Crippen LogP contribution in [-0.4, -0.2) is 9.97 Å². The summed E-state index contributed by atoms with van der Waals surface area (Å²) in [4.78, 5) is 8.18. The Morgan fingerprint density at radius 3 is 2.23 bits per heavy atom. The van der Waals surface area contributed by atoms with Crippen LogP contribution in [0.25, 0.3) is 22.5 Å². The van der Waals surface area contributed by atoms with Crippen molar-refractivity contribution < 1.29 is 0 Å². The molecule has 0 aliphatic heterocycles. The molecular formula is C20H21N2. The summed E-state index contributed by atoms with van der Waals surface area (Å²) in [5.74, 6) is 0.924. The fourth-order valence-corrected chi connectivity index (χ4v) is 3.19. The first-order chi connectivity index (χ1) is 10.5. The van der Waals surface area contributed by atoms with E-state index in [-0.39, 0.29) is 0 Å². The highest BCUT2D eigenvalue weighted by Crippen LogP contribution is 2.35. The predicted molar refractivity (Wildman–Crippen MR) is 92.9 cm³/mol. The number of aromatic nitrogens is 2. The summed E-state index contributed by atoms with van der Waals surface area (Å²) in [7, 11) is 0. The van der Waals surface area contributed by atoms with Crippen LogP contribution in [0, 0.1) is 34.6 Å². The zero-order valence-corrected chi connectivity index (χ0v) is 13.6. The van der Waals surface area contributed by atoms with E-state index in [1.165, 1.54) is 22.3 Å². The molecule has 0 atom stereocenters. The molecule has 0 saturated heterocycles. The second-order valence-electron chi connectivity index (χ2n) is 5.98. The van der Waals surface area contributed by atoms with Gasteiger partial charge < -0.3 is 4.98 Å². The molecule has 1 heterocycles. The molecular weight excluding hydrogens is 268 g/mol. The molecule has 1 N–H and O–H groups in total. The van der Waals surface area contributed by atoms with Gasteiger partial charge in [0.05, 0.1) is 11.4 Å². The van der Waals surface area contributed by atoms with Crippen LogP contribution in [0.2, 0.25) is 0 Å². The maximum Gasteiger partial charge on any atom is 0.104 e. The van der Waals surface area contributed by atoms with E-state index in [1.807, 2.05) is 25.1 Å². The molecule has 0 fully saturated rings. The summed E-state index contributed by atoms with van der Waals surface area (Å²) in [6, 6.07) is 12.6. The minimum absolute atomic E-state index is 0.924. The van der Waals surface area contributed by atoms with Crippen molar-refractivity contribution in [1.82, 2.24) is 9.97 Å². The van der Waals surface area contributed by atoms with E-state index in [0.717, 1.165) is 28.3 Å². The van der Waals surface area contributed by atoms with Crippen molar-refractivity contribution in [2.24, 2.45) is 0 Å². The van der Waals surface area contributed by atoms with Crippen LogP contribution >= 0.6 is 0 Å². The van der Waals surface area contributed by atoms with Crippen LogP contribution in [0.5, 0.6) is 0 Å². The smallest absolute Gasteiger partial charge is 0.104 e. The van der Waals surface area contributed by atoms with Crippen molar-refractivity contribution >= 4 is 0 Å². The van der Waals surface area contributed by atoms with Gasteiger partial charge in [-0.25, -0.2) is 4.98 Å². The fourth-order valence-electron chi connectivity index (χ4n) is 3.19. The number of aryl methyl sites for hydroxylation is 4. The quantitative estimate of drug-likeness (QED) is 0.693. The number of hydrogen-bond acceptors (Lipinski definition) is 1. The molecule has 0 bridgehead atoms. The molecule has 0 aliphatic carbocycles. The Bertz CT molecular complexity index is 818. The predicted octanol–water partition coefficient (Wildman–Crippen LogP) is 5.16. The van der Waals surface area contributed by atoms with Crippen LogP contribution < -0.4 is 0 Å². The average Bonchev–Trinajstić information content (AvgIpc) is 2.79. The highest BCUT2D eigenvalue weighted by atomic mass is 14.9. The van der Waals surface area contributed by atoms with E-state index >= 15 is 0 Å². The minimum atomic E-state index is 0.924. The van der Waals surface area contributed by atoms with Crippen molar-refractivity contribution in [2.45, 2.75) is 27.7 Å². The van der Waals surface area contributed by atoms with E-state index in [9.17, 15) is 0 Å². The second kappa shape index (κ2) is 5.45. The molecule has 3 aromatic rings. The molecule has 22 heavy (non-hydrogen) atoms. The van der Waals surface area contributed by atoms with Gasteiger partial charge in [-0.3, -0.25) is 0 Å². The monoisotopic (exact) mass is 289 g/mol. The topological polar surface area (TPSA) is 28.7 Å². The Kier molecular flexibility index (Phi) is 3.61. The summed E-state index contributed by atoms with van der Waals surface area (Å²) >= 11 is 0. The molecule has 111 valence electrons.